The molecule has 3 aromatic carbocycles. The Hall–Kier alpha value is -3.15. The van der Waals surface area contributed by atoms with Crippen molar-refractivity contribution in [2.24, 2.45) is 4.36 Å². The van der Waals surface area contributed by atoms with Gasteiger partial charge in [-0.2, -0.15) is 8.93 Å². The maximum absolute atomic E-state index is 12.1. The van der Waals surface area contributed by atoms with Gasteiger partial charge in [-0.05, 0) is 78.2 Å². The molecule has 5 rings (SSSR count). The van der Waals surface area contributed by atoms with Crippen LogP contribution in [0.4, 0.5) is 11.4 Å². The van der Waals surface area contributed by atoms with Crippen LogP contribution < -0.4 is 14.4 Å². The van der Waals surface area contributed by atoms with Gasteiger partial charge in [0.05, 0.1) is 27.5 Å². The van der Waals surface area contributed by atoms with Gasteiger partial charge in [0.15, 0.2) is 0 Å². The Morgan fingerprint density at radius 1 is 1.00 bits per heavy atom. The summed E-state index contributed by atoms with van der Waals surface area (Å²) in [6, 6.07) is 20.2. The molecule has 1 amide bonds. The molecule has 2 heterocycles. The summed E-state index contributed by atoms with van der Waals surface area (Å²) >= 11 is 12.8. The number of rotatable bonds is 10. The van der Waals surface area contributed by atoms with Crippen LogP contribution in [0.25, 0.3) is 28.3 Å². The number of fused-ring (bicyclic) bond motifs is 2. The van der Waals surface area contributed by atoms with Crippen LogP contribution in [0.3, 0.4) is 0 Å². The molecule has 238 valence electrons. The molecule has 4 aromatic rings. The monoisotopic (exact) mass is 732 g/mol. The number of allylic oxidation sites excluding steroid dienone is 2. The van der Waals surface area contributed by atoms with Crippen molar-refractivity contribution < 1.29 is 22.5 Å². The van der Waals surface area contributed by atoms with Gasteiger partial charge in [0.1, 0.15) is 12.4 Å². The lowest BCUT2D eigenvalue weighted by atomic mass is 10.1. The Morgan fingerprint density at radius 2 is 1.69 bits per heavy atom. The number of carbonyl (C=O) groups excluding carboxylic acids is 1. The fourth-order valence-corrected chi connectivity index (χ4v) is 6.84. The Labute approximate surface area is 284 Å². The van der Waals surface area contributed by atoms with Crippen molar-refractivity contribution in [1.29, 1.82) is 0 Å². The van der Waals surface area contributed by atoms with Crippen LogP contribution in [0.2, 0.25) is 10.0 Å². The number of oxazole rings is 1. The predicted octanol–water partition coefficient (Wildman–Crippen LogP) is 8.42. The second-order valence-electron chi connectivity index (χ2n) is 10.4. The fourth-order valence-electron chi connectivity index (χ4n) is 5.47. The molecular weight excluding hydrogens is 699 g/mol. The van der Waals surface area contributed by atoms with Gasteiger partial charge in [0, 0.05) is 31.8 Å². The minimum absolute atomic E-state index is 0. The smallest absolute Gasteiger partial charge is 0.374 e. The van der Waals surface area contributed by atoms with Crippen LogP contribution >= 0.6 is 40.2 Å². The van der Waals surface area contributed by atoms with E-state index in [1.165, 1.54) is 0 Å². The summed E-state index contributed by atoms with van der Waals surface area (Å²) in [5, 5.41) is 0.894. The SMILES string of the molecule is Br.CCN1C(=CC=Cc2oc3ccc(-c4ccccc4)cc3[n+]2CC)N(CCCCS(=O)([O-])=NC(C)=O)c2cc(Cl)c(Cl)cc21. The van der Waals surface area contributed by atoms with Crippen molar-refractivity contribution in [3.63, 3.8) is 0 Å². The molecule has 0 fully saturated rings. The summed E-state index contributed by atoms with van der Waals surface area (Å²) in [7, 11) is -3.79. The molecule has 0 radical (unpaired) electrons. The van der Waals surface area contributed by atoms with E-state index in [0.29, 0.717) is 36.0 Å². The lowest BCUT2D eigenvalue weighted by Gasteiger charge is -2.24. The molecule has 1 atom stereocenters. The maximum atomic E-state index is 12.1. The summed E-state index contributed by atoms with van der Waals surface area (Å²) in [6.45, 7) is 7.21. The van der Waals surface area contributed by atoms with Gasteiger partial charge in [-0.25, -0.2) is 0 Å². The van der Waals surface area contributed by atoms with Gasteiger partial charge in [-0.15, -0.1) is 17.0 Å². The zero-order valence-corrected chi connectivity index (χ0v) is 29.3. The van der Waals surface area contributed by atoms with Gasteiger partial charge in [0.2, 0.25) is 11.5 Å². The zero-order valence-electron chi connectivity index (χ0n) is 25.2. The van der Waals surface area contributed by atoms with Gasteiger partial charge < -0.3 is 18.8 Å². The number of amides is 1. The van der Waals surface area contributed by atoms with E-state index in [1.54, 1.807) is 0 Å². The number of unbranched alkanes of at least 4 members (excludes halogenated alkanes) is 1. The van der Waals surface area contributed by atoms with Crippen molar-refractivity contribution in [3.05, 3.63) is 94.6 Å². The Morgan fingerprint density at radius 3 is 2.33 bits per heavy atom. The third kappa shape index (κ3) is 7.81. The standard InChI is InChI=1S/C33H34Cl2N4O4S.BrH/c1-4-37-28-21-26(34)27(35)22-29(28)39(18-9-10-19-44(41,42)36-23(3)40)32(37)14-11-15-33-38(5-2)30-20-25(16-17-31(30)43-33)24-12-7-6-8-13-24;/h6-8,11-17,20-22H,4-5,9-10,18-19H2,1-3H3;1H. The van der Waals surface area contributed by atoms with E-state index in [4.69, 9.17) is 27.6 Å². The molecule has 1 aliphatic rings. The van der Waals surface area contributed by atoms with E-state index in [-0.39, 0.29) is 22.7 Å². The molecule has 0 N–H and O–H groups in total. The van der Waals surface area contributed by atoms with E-state index in [9.17, 15) is 13.6 Å². The van der Waals surface area contributed by atoms with Crippen LogP contribution in [-0.2, 0) is 21.3 Å². The largest absolute Gasteiger partial charge is 0.764 e. The van der Waals surface area contributed by atoms with E-state index < -0.39 is 15.9 Å². The highest BCUT2D eigenvalue weighted by molar-refractivity contribution is 8.93. The predicted molar refractivity (Wildman–Crippen MR) is 188 cm³/mol. The Balaban J connectivity index is 0.00000461. The number of benzene rings is 3. The number of carbonyl (C=O) groups is 1. The molecule has 0 spiro atoms. The number of halogens is 3. The summed E-state index contributed by atoms with van der Waals surface area (Å²) in [6.07, 6.45) is 6.81. The number of nitrogens with zero attached hydrogens (tertiary/aromatic N) is 4. The number of aromatic nitrogens is 1. The van der Waals surface area contributed by atoms with Gasteiger partial charge in [-0.1, -0.05) is 59.6 Å². The lowest BCUT2D eigenvalue weighted by molar-refractivity contribution is -0.674. The van der Waals surface area contributed by atoms with Crippen LogP contribution in [-0.4, -0.2) is 33.5 Å². The lowest BCUT2D eigenvalue weighted by Crippen LogP contribution is -2.33. The van der Waals surface area contributed by atoms with Gasteiger partial charge in [-0.3, -0.25) is 9.00 Å². The van der Waals surface area contributed by atoms with Crippen LogP contribution in [0.15, 0.2) is 87.4 Å². The van der Waals surface area contributed by atoms with Crippen molar-refractivity contribution in [2.75, 3.05) is 28.6 Å². The second kappa shape index (κ2) is 15.0. The molecule has 0 aliphatic carbocycles. The first kappa shape index (κ1) is 34.7. The molecular formula is C33H35BrCl2N4O4S. The first-order chi connectivity index (χ1) is 21.1. The molecule has 0 saturated carbocycles. The second-order valence-corrected chi connectivity index (χ2v) is 12.9. The van der Waals surface area contributed by atoms with Crippen LogP contribution in [0, 0.1) is 0 Å². The van der Waals surface area contributed by atoms with Crippen LogP contribution in [0.5, 0.6) is 0 Å². The summed E-state index contributed by atoms with van der Waals surface area (Å²) in [4.78, 5) is 15.4. The molecule has 1 aromatic heterocycles. The molecule has 12 heteroatoms. The molecule has 0 saturated heterocycles. The normalized spacial score (nSPS) is 15.0. The molecule has 1 unspecified atom stereocenters. The fraction of sp³-hybridized carbons (Fsp3) is 0.273. The topological polar surface area (TPSA) is 93.1 Å². The first-order valence-electron chi connectivity index (χ1n) is 14.5. The molecule has 8 nitrogen and oxygen atoms in total. The highest BCUT2D eigenvalue weighted by Gasteiger charge is 2.31. The highest BCUT2D eigenvalue weighted by Crippen LogP contribution is 2.45. The van der Waals surface area contributed by atoms with Crippen molar-refractivity contribution in [1.82, 2.24) is 0 Å². The Kier molecular flexibility index (Phi) is 11.5. The maximum Gasteiger partial charge on any atom is 0.374 e. The number of aryl methyl sites for hydroxylation is 1. The molecule has 1 aliphatic heterocycles. The van der Waals surface area contributed by atoms with E-state index >= 15 is 0 Å². The summed E-state index contributed by atoms with van der Waals surface area (Å²) in [5.74, 6) is 0.713. The summed E-state index contributed by atoms with van der Waals surface area (Å²) in [5.41, 5.74) is 5.89. The number of hydrogen-bond acceptors (Lipinski definition) is 6. The van der Waals surface area contributed by atoms with Gasteiger partial charge >= 0.3 is 5.89 Å². The van der Waals surface area contributed by atoms with Gasteiger partial charge in [0.25, 0.3) is 5.52 Å². The molecule has 45 heavy (non-hydrogen) atoms. The minimum atomic E-state index is -3.79. The summed E-state index contributed by atoms with van der Waals surface area (Å²) < 4.78 is 35.8. The van der Waals surface area contributed by atoms with Crippen molar-refractivity contribution >= 4 is 84.7 Å². The average Bonchev–Trinajstić information content (AvgIpc) is 3.48. The Bertz CT molecular complexity index is 1880. The van der Waals surface area contributed by atoms with Crippen LogP contribution in [0.1, 0.15) is 39.5 Å². The highest BCUT2D eigenvalue weighted by atomic mass is 79.9. The minimum Gasteiger partial charge on any atom is -0.764 e. The molecule has 0 bridgehead atoms. The quantitative estimate of drug-likeness (QED) is 0.120. The van der Waals surface area contributed by atoms with E-state index in [1.807, 2.05) is 54.6 Å². The average molecular weight is 735 g/mol. The number of hydrogen-bond donors (Lipinski definition) is 0. The zero-order chi connectivity index (χ0) is 31.4. The first-order valence-corrected chi connectivity index (χ1v) is 16.9. The van der Waals surface area contributed by atoms with E-state index in [2.05, 4.69) is 56.8 Å². The third-order valence-corrected chi connectivity index (χ3v) is 9.47. The third-order valence-electron chi connectivity index (χ3n) is 7.41. The van der Waals surface area contributed by atoms with E-state index in [0.717, 1.165) is 58.8 Å². The van der Waals surface area contributed by atoms with Crippen molar-refractivity contribution in [2.45, 2.75) is 40.2 Å². The number of anilines is 2. The van der Waals surface area contributed by atoms with Crippen molar-refractivity contribution in [3.8, 4) is 11.1 Å².